The first-order valence-corrected chi connectivity index (χ1v) is 6.64. The Hall–Kier alpha value is -2.51. The highest BCUT2D eigenvalue weighted by Crippen LogP contribution is 2.11. The van der Waals surface area contributed by atoms with Crippen molar-refractivity contribution in [2.75, 3.05) is 25.0 Å². The Morgan fingerprint density at radius 3 is 2.71 bits per heavy atom. The minimum absolute atomic E-state index is 0.00106. The Kier molecular flexibility index (Phi) is 4.46. The number of likely N-dealkylation sites (N-methyl/N-ethyl adjacent to an activating group) is 1. The lowest BCUT2D eigenvalue weighted by Gasteiger charge is -2.34. The molecule has 1 unspecified atom stereocenters. The van der Waals surface area contributed by atoms with Crippen LogP contribution in [0, 0.1) is 0 Å². The van der Waals surface area contributed by atoms with E-state index >= 15 is 0 Å². The van der Waals surface area contributed by atoms with E-state index in [1.165, 1.54) is 4.90 Å². The number of rotatable bonds is 4. The molecule has 0 spiro atoms. The predicted octanol–water partition coefficient (Wildman–Crippen LogP) is -0.824. The van der Waals surface area contributed by atoms with Gasteiger partial charge >= 0.3 is 0 Å². The zero-order valence-electron chi connectivity index (χ0n) is 11.9. The summed E-state index contributed by atoms with van der Waals surface area (Å²) in [5.74, 6) is -0.788. The summed E-state index contributed by atoms with van der Waals surface area (Å²) in [6.07, 6.45) is 3.61. The maximum Gasteiger partial charge on any atom is 0.249 e. The molecule has 0 saturated carbocycles. The number of nitrogens with one attached hydrogen (secondary N) is 1. The first-order chi connectivity index (χ1) is 10.0. The molecule has 1 aliphatic rings. The van der Waals surface area contributed by atoms with Gasteiger partial charge in [0.15, 0.2) is 0 Å². The molecule has 21 heavy (non-hydrogen) atoms. The highest BCUT2D eigenvalue weighted by atomic mass is 16.2. The van der Waals surface area contributed by atoms with Crippen molar-refractivity contribution in [3.63, 3.8) is 0 Å². The van der Waals surface area contributed by atoms with Crippen LogP contribution in [-0.4, -0.2) is 58.8 Å². The first kappa shape index (κ1) is 14.9. The van der Waals surface area contributed by atoms with Gasteiger partial charge in [-0.25, -0.2) is 9.97 Å². The van der Waals surface area contributed by atoms with Gasteiger partial charge in [0.25, 0.3) is 0 Å². The van der Waals surface area contributed by atoms with Gasteiger partial charge < -0.3 is 9.80 Å². The molecule has 3 amide bonds. The van der Waals surface area contributed by atoms with Crippen molar-refractivity contribution >= 4 is 23.7 Å². The third-order valence-corrected chi connectivity index (χ3v) is 3.23. The zero-order valence-corrected chi connectivity index (χ0v) is 11.9. The van der Waals surface area contributed by atoms with E-state index in [9.17, 15) is 14.4 Å². The van der Waals surface area contributed by atoms with Crippen LogP contribution in [0.3, 0.4) is 0 Å². The molecule has 1 aromatic heterocycles. The average molecular weight is 291 g/mol. The molecule has 1 aromatic rings. The summed E-state index contributed by atoms with van der Waals surface area (Å²) in [6.45, 7) is 1.69. The highest BCUT2D eigenvalue weighted by Gasteiger charge is 2.35. The quantitative estimate of drug-likeness (QED) is 0.728. The fourth-order valence-electron chi connectivity index (χ4n) is 2.19. The highest BCUT2D eigenvalue weighted by molar-refractivity contribution is 6.04. The molecular formula is C13H17N5O3. The van der Waals surface area contributed by atoms with E-state index in [4.69, 9.17) is 0 Å². The maximum atomic E-state index is 12.3. The molecule has 1 N–H and O–H groups in total. The van der Waals surface area contributed by atoms with Crippen LogP contribution in [0.15, 0.2) is 18.5 Å². The topological polar surface area (TPSA) is 95.5 Å². The van der Waals surface area contributed by atoms with E-state index in [-0.39, 0.29) is 19.0 Å². The lowest BCUT2D eigenvalue weighted by Crippen LogP contribution is -2.60. The second-order valence-corrected chi connectivity index (χ2v) is 4.76. The van der Waals surface area contributed by atoms with Crippen molar-refractivity contribution in [2.24, 2.45) is 0 Å². The maximum absolute atomic E-state index is 12.3. The monoisotopic (exact) mass is 291 g/mol. The van der Waals surface area contributed by atoms with E-state index < -0.39 is 17.9 Å². The molecule has 1 saturated heterocycles. The zero-order chi connectivity index (χ0) is 15.4. The van der Waals surface area contributed by atoms with Gasteiger partial charge in [0.05, 0.1) is 6.54 Å². The number of anilines is 1. The fraction of sp³-hybridized carbons (Fsp3) is 0.462. The van der Waals surface area contributed by atoms with Crippen molar-refractivity contribution in [2.45, 2.75) is 19.4 Å². The Morgan fingerprint density at radius 1 is 1.43 bits per heavy atom. The molecule has 1 atom stereocenters. The number of hydrogen-bond donors (Lipinski definition) is 1. The normalized spacial score (nSPS) is 18.4. The lowest BCUT2D eigenvalue weighted by molar-refractivity contribution is -0.149. The lowest BCUT2D eigenvalue weighted by atomic mass is 10.1. The number of carbonyl (C=O) groups is 3. The average Bonchev–Trinajstić information content (AvgIpc) is 2.47. The molecule has 0 bridgehead atoms. The summed E-state index contributed by atoms with van der Waals surface area (Å²) in [5, 5.41) is 2.24. The van der Waals surface area contributed by atoms with Gasteiger partial charge in [0.1, 0.15) is 12.6 Å². The van der Waals surface area contributed by atoms with Gasteiger partial charge in [-0.2, -0.15) is 0 Å². The molecule has 8 nitrogen and oxygen atoms in total. The summed E-state index contributed by atoms with van der Waals surface area (Å²) in [5.41, 5.74) is 0. The smallest absolute Gasteiger partial charge is 0.249 e. The van der Waals surface area contributed by atoms with Gasteiger partial charge in [-0.05, 0) is 12.5 Å². The second-order valence-electron chi connectivity index (χ2n) is 4.76. The van der Waals surface area contributed by atoms with E-state index in [0.717, 1.165) is 0 Å². The molecule has 112 valence electrons. The van der Waals surface area contributed by atoms with Crippen LogP contribution in [0.5, 0.6) is 0 Å². The van der Waals surface area contributed by atoms with Crippen molar-refractivity contribution < 1.29 is 14.4 Å². The number of nitrogens with zero attached hydrogens (tertiary/aromatic N) is 4. The van der Waals surface area contributed by atoms with E-state index in [1.807, 2.05) is 0 Å². The summed E-state index contributed by atoms with van der Waals surface area (Å²) in [4.78, 5) is 46.5. The summed E-state index contributed by atoms with van der Waals surface area (Å²) >= 11 is 0. The van der Waals surface area contributed by atoms with Gasteiger partial charge in [-0.15, -0.1) is 0 Å². The van der Waals surface area contributed by atoms with Crippen LogP contribution >= 0.6 is 0 Å². The molecule has 1 fully saturated rings. The first-order valence-electron chi connectivity index (χ1n) is 6.64. The van der Waals surface area contributed by atoms with Crippen LogP contribution in [0.1, 0.15) is 13.3 Å². The van der Waals surface area contributed by atoms with Crippen LogP contribution < -0.4 is 10.2 Å². The number of amides is 3. The fourth-order valence-corrected chi connectivity index (χ4v) is 2.19. The second kappa shape index (κ2) is 6.29. The summed E-state index contributed by atoms with van der Waals surface area (Å²) < 4.78 is 0. The number of imide groups is 1. The van der Waals surface area contributed by atoms with E-state index in [1.54, 1.807) is 37.3 Å². The number of piperazine rings is 1. The Bertz CT molecular complexity index is 548. The molecule has 0 aromatic carbocycles. The standard InChI is InChI=1S/C13H17N5O3/c1-3-9-12(21)16-10(19)7-18(9)11(20)8-17(2)13-14-5-4-6-15-13/h4-6,9H,3,7-8H2,1-2H3,(H,16,19,21). The summed E-state index contributed by atoms with van der Waals surface area (Å²) in [7, 11) is 1.68. The van der Waals surface area contributed by atoms with Crippen molar-refractivity contribution in [3.8, 4) is 0 Å². The third-order valence-electron chi connectivity index (χ3n) is 3.23. The minimum Gasteiger partial charge on any atom is -0.335 e. The van der Waals surface area contributed by atoms with Crippen LogP contribution in [-0.2, 0) is 14.4 Å². The molecule has 0 aliphatic carbocycles. The van der Waals surface area contributed by atoms with Crippen LogP contribution in [0.4, 0.5) is 5.95 Å². The summed E-state index contributed by atoms with van der Waals surface area (Å²) in [6, 6.07) is 1.07. The molecule has 2 rings (SSSR count). The van der Waals surface area contributed by atoms with Crippen LogP contribution in [0.2, 0.25) is 0 Å². The van der Waals surface area contributed by atoms with Crippen LogP contribution in [0.25, 0.3) is 0 Å². The SMILES string of the molecule is CCC1C(=O)NC(=O)CN1C(=O)CN(C)c1ncccn1. The Balaban J connectivity index is 2.07. The van der Waals surface area contributed by atoms with Crippen molar-refractivity contribution in [1.82, 2.24) is 20.2 Å². The third kappa shape index (κ3) is 3.33. The van der Waals surface area contributed by atoms with Gasteiger partial charge in [-0.1, -0.05) is 6.92 Å². The van der Waals surface area contributed by atoms with Gasteiger partial charge in [0, 0.05) is 19.4 Å². The predicted molar refractivity (Wildman–Crippen MR) is 74.2 cm³/mol. The molecular weight excluding hydrogens is 274 g/mol. The number of aromatic nitrogens is 2. The van der Waals surface area contributed by atoms with Gasteiger partial charge in [0.2, 0.25) is 23.7 Å². The largest absolute Gasteiger partial charge is 0.335 e. The number of carbonyl (C=O) groups excluding carboxylic acids is 3. The number of hydrogen-bond acceptors (Lipinski definition) is 6. The van der Waals surface area contributed by atoms with Crippen molar-refractivity contribution in [1.29, 1.82) is 0 Å². The van der Waals surface area contributed by atoms with E-state index in [0.29, 0.717) is 12.4 Å². The van der Waals surface area contributed by atoms with Crippen molar-refractivity contribution in [3.05, 3.63) is 18.5 Å². The molecule has 8 heteroatoms. The Labute approximate surface area is 122 Å². The van der Waals surface area contributed by atoms with E-state index in [2.05, 4.69) is 15.3 Å². The molecule has 0 radical (unpaired) electrons. The molecule has 1 aliphatic heterocycles. The minimum atomic E-state index is -0.611. The molecule has 2 heterocycles. The Morgan fingerprint density at radius 2 is 2.10 bits per heavy atom. The van der Waals surface area contributed by atoms with Gasteiger partial charge in [-0.3, -0.25) is 19.7 Å².